The second-order valence-corrected chi connectivity index (χ2v) is 9.20. The molecule has 0 bridgehead atoms. The lowest BCUT2D eigenvalue weighted by atomic mass is 9.87. The van der Waals surface area contributed by atoms with Crippen molar-refractivity contribution in [2.24, 2.45) is 11.8 Å². The van der Waals surface area contributed by atoms with Crippen molar-refractivity contribution in [3.63, 3.8) is 0 Å². The number of hydrogen-bond acceptors (Lipinski definition) is 3. The van der Waals surface area contributed by atoms with Gasteiger partial charge in [-0.25, -0.2) is 11.4 Å². The van der Waals surface area contributed by atoms with Gasteiger partial charge in [-0.05, 0) is 49.4 Å². The molecule has 2 aromatic rings. The monoisotopic (exact) mass is 463 g/mol. The number of aromatic carboxylic acids is 1. The summed E-state index contributed by atoms with van der Waals surface area (Å²) in [5, 5.41) is 19.5. The number of allylic oxidation sites excluding steroid dienone is 1. The summed E-state index contributed by atoms with van der Waals surface area (Å²) in [6.07, 6.45) is 1.46. The highest BCUT2D eigenvalue weighted by atomic mass is 32.1. The summed E-state index contributed by atoms with van der Waals surface area (Å²) in [5.74, 6) is -1.21. The molecule has 4 nitrogen and oxygen atoms in total. The molecule has 32 heavy (non-hydrogen) atoms. The Kier molecular flexibility index (Phi) is 7.75. The van der Waals surface area contributed by atoms with Gasteiger partial charge in [-0.1, -0.05) is 30.4 Å². The summed E-state index contributed by atoms with van der Waals surface area (Å²) in [7, 11) is 0. The van der Waals surface area contributed by atoms with E-state index in [1.807, 2.05) is 6.08 Å². The largest absolute Gasteiger partial charge is 0.477 e. The van der Waals surface area contributed by atoms with Crippen molar-refractivity contribution in [3.05, 3.63) is 80.8 Å². The molecule has 4 atom stereocenters. The second-order valence-electron chi connectivity index (χ2n) is 8.03. The third kappa shape index (κ3) is 5.99. The minimum absolute atomic E-state index is 0.0424. The lowest BCUT2D eigenvalue weighted by Crippen LogP contribution is -2.19. The van der Waals surface area contributed by atoms with Crippen LogP contribution in [0.5, 0.6) is 0 Å². The average molecular weight is 464 g/mol. The van der Waals surface area contributed by atoms with Crippen molar-refractivity contribution >= 4 is 17.3 Å². The highest BCUT2D eigenvalue weighted by Crippen LogP contribution is 2.39. The first-order chi connectivity index (χ1) is 15.2. The number of benzene rings is 1. The van der Waals surface area contributed by atoms with Crippen LogP contribution in [0.3, 0.4) is 0 Å². The van der Waals surface area contributed by atoms with Crippen molar-refractivity contribution in [1.29, 1.82) is 0 Å². The van der Waals surface area contributed by atoms with Gasteiger partial charge in [0.25, 0.3) is 0 Å². The molecular formula is C24H24F3NO3S. The summed E-state index contributed by atoms with van der Waals surface area (Å²) >= 11 is 1.24. The van der Waals surface area contributed by atoms with Gasteiger partial charge in [0.1, 0.15) is 4.88 Å². The first-order valence-electron chi connectivity index (χ1n) is 10.4. The Hall–Kier alpha value is -2.63. The first-order valence-corrected chi connectivity index (χ1v) is 11.2. The topological polar surface area (TPSA) is 61.9 Å². The van der Waals surface area contributed by atoms with Crippen LogP contribution >= 0.6 is 11.3 Å². The van der Waals surface area contributed by atoms with Gasteiger partial charge in [0.2, 0.25) is 6.04 Å². The Morgan fingerprint density at radius 2 is 2.06 bits per heavy atom. The minimum atomic E-state index is -4.39. The van der Waals surface area contributed by atoms with Crippen LogP contribution in [0.1, 0.15) is 44.9 Å². The molecule has 3 rings (SSSR count). The SMILES string of the molecule is [C-]#[N+][C@@H]1C[C@@H](O)[C@H](/C=C/Cc2cccc(C(F)(F)F)c2)[C@H]1CCCc1ccc(C(=O)O)s1. The first kappa shape index (κ1) is 24.0. The molecule has 8 heteroatoms. The van der Waals surface area contributed by atoms with E-state index in [4.69, 9.17) is 11.7 Å². The molecule has 0 unspecified atom stereocenters. The van der Waals surface area contributed by atoms with E-state index in [1.54, 1.807) is 24.3 Å². The predicted octanol–water partition coefficient (Wildman–Crippen LogP) is 5.87. The third-order valence-electron chi connectivity index (χ3n) is 5.88. The summed E-state index contributed by atoms with van der Waals surface area (Å²) in [6.45, 7) is 7.47. The molecule has 170 valence electrons. The van der Waals surface area contributed by atoms with Gasteiger partial charge < -0.3 is 15.1 Å². The van der Waals surface area contributed by atoms with E-state index >= 15 is 0 Å². The number of halogens is 3. The van der Waals surface area contributed by atoms with Crippen molar-refractivity contribution in [2.75, 3.05) is 0 Å². The summed E-state index contributed by atoms with van der Waals surface area (Å²) in [6, 6.07) is 8.27. The Morgan fingerprint density at radius 3 is 2.72 bits per heavy atom. The maximum absolute atomic E-state index is 12.9. The number of carboxylic acids is 1. The number of aliphatic hydroxyl groups is 1. The van der Waals surface area contributed by atoms with Crippen LogP contribution in [-0.2, 0) is 19.0 Å². The highest BCUT2D eigenvalue weighted by Gasteiger charge is 2.44. The van der Waals surface area contributed by atoms with Crippen LogP contribution in [0.2, 0.25) is 0 Å². The van der Waals surface area contributed by atoms with Crippen molar-refractivity contribution < 1.29 is 28.2 Å². The Labute approximate surface area is 188 Å². The molecule has 0 aliphatic heterocycles. The quantitative estimate of drug-likeness (QED) is 0.380. The number of alkyl halides is 3. The summed E-state index contributed by atoms with van der Waals surface area (Å²) in [5.41, 5.74) is -0.149. The number of nitrogens with zero attached hydrogens (tertiary/aromatic N) is 1. The number of carboxylic acid groups (broad SMARTS) is 1. The van der Waals surface area contributed by atoms with Gasteiger partial charge in [0.05, 0.1) is 11.7 Å². The van der Waals surface area contributed by atoms with Crippen molar-refractivity contribution in [3.8, 4) is 0 Å². The fourth-order valence-corrected chi connectivity index (χ4v) is 5.19. The van der Waals surface area contributed by atoms with E-state index in [0.717, 1.165) is 23.4 Å². The molecule has 1 fully saturated rings. The lowest BCUT2D eigenvalue weighted by Gasteiger charge is -2.18. The molecule has 0 spiro atoms. The standard InChI is InChI=1S/C24H24F3NO3S/c1-28-20-14-21(29)19(10-3-6-15-5-2-7-16(13-15)24(25,26)27)18(20)9-4-8-17-11-12-22(32-17)23(30)31/h2-3,5,7,10-13,18-21,29H,4,6,8-9,14H2,(H,30,31)/b10-3+/t18-,19-,20-,21-/m1/s1. The average Bonchev–Trinajstić information content (AvgIpc) is 3.33. The summed E-state index contributed by atoms with van der Waals surface area (Å²) in [4.78, 5) is 16.0. The van der Waals surface area contributed by atoms with Gasteiger partial charge in [-0.15, -0.1) is 11.3 Å². The van der Waals surface area contributed by atoms with Gasteiger partial charge in [0, 0.05) is 23.1 Å². The van der Waals surface area contributed by atoms with E-state index in [0.29, 0.717) is 36.1 Å². The van der Waals surface area contributed by atoms with Crippen LogP contribution in [0.25, 0.3) is 4.85 Å². The zero-order valence-corrected chi connectivity index (χ0v) is 18.1. The van der Waals surface area contributed by atoms with Crippen LogP contribution in [0.15, 0.2) is 48.6 Å². The Balaban J connectivity index is 1.62. The highest BCUT2D eigenvalue weighted by molar-refractivity contribution is 7.13. The smallest absolute Gasteiger partial charge is 0.416 e. The predicted molar refractivity (Wildman–Crippen MR) is 116 cm³/mol. The fourth-order valence-electron chi connectivity index (χ4n) is 4.30. The molecule has 0 amide bonds. The fraction of sp³-hybridized carbons (Fsp3) is 0.417. The van der Waals surface area contributed by atoms with Gasteiger partial charge in [0.15, 0.2) is 0 Å². The zero-order valence-electron chi connectivity index (χ0n) is 17.3. The normalized spacial score (nSPS) is 23.5. The van der Waals surface area contributed by atoms with Gasteiger partial charge in [-0.3, -0.25) is 0 Å². The number of thiophene rings is 1. The maximum Gasteiger partial charge on any atom is 0.416 e. The van der Waals surface area contributed by atoms with Gasteiger partial charge >= 0.3 is 12.1 Å². The zero-order chi connectivity index (χ0) is 23.3. The Bertz CT molecular complexity index is 1010. The van der Waals surface area contributed by atoms with Crippen LogP contribution in [-0.4, -0.2) is 28.3 Å². The lowest BCUT2D eigenvalue weighted by molar-refractivity contribution is -0.137. The van der Waals surface area contributed by atoms with Crippen LogP contribution in [0.4, 0.5) is 13.2 Å². The number of carbonyl (C=O) groups is 1. The molecule has 2 N–H and O–H groups in total. The third-order valence-corrected chi connectivity index (χ3v) is 7.01. The molecule has 1 aromatic heterocycles. The summed E-state index contributed by atoms with van der Waals surface area (Å²) < 4.78 is 38.7. The molecule has 1 aliphatic carbocycles. The van der Waals surface area contributed by atoms with Crippen molar-refractivity contribution in [2.45, 2.75) is 50.4 Å². The number of aryl methyl sites for hydroxylation is 1. The van der Waals surface area contributed by atoms with E-state index in [-0.39, 0.29) is 17.9 Å². The molecule has 1 aromatic carbocycles. The van der Waals surface area contributed by atoms with E-state index < -0.39 is 23.8 Å². The maximum atomic E-state index is 12.9. The van der Waals surface area contributed by atoms with E-state index in [9.17, 15) is 23.1 Å². The molecule has 1 aliphatic rings. The second kappa shape index (κ2) is 10.3. The molecular weight excluding hydrogens is 439 g/mol. The molecule has 0 radical (unpaired) electrons. The minimum Gasteiger partial charge on any atom is -0.477 e. The molecule has 1 saturated carbocycles. The van der Waals surface area contributed by atoms with E-state index in [2.05, 4.69) is 4.85 Å². The number of aliphatic hydroxyl groups excluding tert-OH is 1. The molecule has 1 heterocycles. The van der Waals surface area contributed by atoms with E-state index in [1.165, 1.54) is 17.4 Å². The molecule has 0 saturated heterocycles. The van der Waals surface area contributed by atoms with Gasteiger partial charge in [-0.2, -0.15) is 13.2 Å². The number of rotatable bonds is 8. The van der Waals surface area contributed by atoms with Crippen LogP contribution < -0.4 is 0 Å². The Morgan fingerprint density at radius 1 is 1.28 bits per heavy atom. The van der Waals surface area contributed by atoms with Crippen molar-refractivity contribution in [1.82, 2.24) is 0 Å². The number of hydrogen-bond donors (Lipinski definition) is 2. The van der Waals surface area contributed by atoms with Crippen LogP contribution in [0, 0.1) is 18.4 Å².